The Morgan fingerprint density at radius 1 is 1.29 bits per heavy atom. The third-order valence-corrected chi connectivity index (χ3v) is 4.18. The van der Waals surface area contributed by atoms with Gasteiger partial charge in [-0.2, -0.15) is 0 Å². The molecule has 0 atom stereocenters. The average molecular weight is 276 g/mol. The molecule has 0 N–H and O–H groups in total. The Morgan fingerprint density at radius 3 is 2.53 bits per heavy atom. The van der Waals surface area contributed by atoms with Crippen molar-refractivity contribution in [2.24, 2.45) is 0 Å². The van der Waals surface area contributed by atoms with Crippen LogP contribution >= 0.6 is 19.2 Å². The molecule has 0 aliphatic carbocycles. The van der Waals surface area contributed by atoms with Crippen LogP contribution in [-0.4, -0.2) is 19.8 Å². The van der Waals surface area contributed by atoms with Crippen LogP contribution in [0.15, 0.2) is 23.6 Å². The Labute approximate surface area is 106 Å². The molecule has 1 heterocycles. The van der Waals surface area contributed by atoms with Gasteiger partial charge in [0.15, 0.2) is 0 Å². The first-order valence-electron chi connectivity index (χ1n) is 5.44. The second-order valence-electron chi connectivity index (χ2n) is 3.00. The van der Waals surface area contributed by atoms with Gasteiger partial charge in [-0.15, -0.1) is 11.3 Å². The van der Waals surface area contributed by atoms with Gasteiger partial charge < -0.3 is 0 Å². The summed E-state index contributed by atoms with van der Waals surface area (Å²) in [7, 11) is -3.37. The minimum absolute atomic E-state index is 0.204. The number of phosphoric ester groups is 1. The number of hydrogen-bond acceptors (Lipinski definition) is 5. The van der Waals surface area contributed by atoms with E-state index in [2.05, 4.69) is 0 Å². The minimum Gasteiger partial charge on any atom is -0.287 e. The number of phosphoric acid groups is 1. The summed E-state index contributed by atoms with van der Waals surface area (Å²) >= 11 is 1.63. The summed E-state index contributed by atoms with van der Waals surface area (Å²) in [5.74, 6) is 0. The molecule has 1 rings (SSSR count). The molecular formula is C11H17O4PS. The van der Waals surface area contributed by atoms with Gasteiger partial charge in [0.1, 0.15) is 0 Å². The van der Waals surface area contributed by atoms with E-state index in [1.54, 1.807) is 31.3 Å². The van der Waals surface area contributed by atoms with E-state index in [0.29, 0.717) is 13.2 Å². The zero-order chi connectivity index (χ0) is 12.6. The van der Waals surface area contributed by atoms with E-state index in [1.807, 2.05) is 23.6 Å². The Kier molecular flexibility index (Phi) is 6.70. The molecule has 0 bridgehead atoms. The molecule has 0 fully saturated rings. The normalized spacial score (nSPS) is 12.4. The molecule has 0 radical (unpaired) electrons. The van der Waals surface area contributed by atoms with Crippen molar-refractivity contribution in [2.45, 2.75) is 13.8 Å². The summed E-state index contributed by atoms with van der Waals surface area (Å²) in [5, 5.41) is 1.99. The van der Waals surface area contributed by atoms with E-state index in [-0.39, 0.29) is 6.61 Å². The maximum absolute atomic E-state index is 11.9. The van der Waals surface area contributed by atoms with Gasteiger partial charge in [0, 0.05) is 4.88 Å². The van der Waals surface area contributed by atoms with Crippen molar-refractivity contribution in [3.05, 3.63) is 28.5 Å². The lowest BCUT2D eigenvalue weighted by Gasteiger charge is -2.14. The largest absolute Gasteiger partial charge is 0.475 e. The molecule has 0 amide bonds. The molecule has 0 spiro atoms. The van der Waals surface area contributed by atoms with Crippen LogP contribution in [0.4, 0.5) is 0 Å². The second kappa shape index (κ2) is 7.80. The van der Waals surface area contributed by atoms with Crippen molar-refractivity contribution in [2.75, 3.05) is 19.8 Å². The van der Waals surface area contributed by atoms with Crippen LogP contribution in [0.25, 0.3) is 6.08 Å². The fourth-order valence-electron chi connectivity index (χ4n) is 1.11. The van der Waals surface area contributed by atoms with Crippen LogP contribution in [0.3, 0.4) is 0 Å². The first-order valence-corrected chi connectivity index (χ1v) is 7.78. The van der Waals surface area contributed by atoms with E-state index in [4.69, 9.17) is 13.6 Å². The van der Waals surface area contributed by atoms with Crippen molar-refractivity contribution in [3.8, 4) is 0 Å². The molecule has 1 aromatic heterocycles. The molecule has 0 aromatic carbocycles. The van der Waals surface area contributed by atoms with Crippen LogP contribution in [0.1, 0.15) is 18.7 Å². The highest BCUT2D eigenvalue weighted by atomic mass is 32.1. The van der Waals surface area contributed by atoms with Gasteiger partial charge in [0.05, 0.1) is 19.8 Å². The van der Waals surface area contributed by atoms with E-state index in [1.165, 1.54) is 0 Å². The Bertz CT molecular complexity index is 365. The third-order valence-electron chi connectivity index (χ3n) is 1.73. The van der Waals surface area contributed by atoms with Gasteiger partial charge in [-0.1, -0.05) is 12.1 Å². The van der Waals surface area contributed by atoms with Crippen LogP contribution < -0.4 is 0 Å². The predicted molar refractivity (Wildman–Crippen MR) is 70.2 cm³/mol. The highest BCUT2D eigenvalue weighted by Gasteiger charge is 2.24. The molecule has 0 unspecified atom stereocenters. The highest BCUT2D eigenvalue weighted by Crippen LogP contribution is 2.49. The highest BCUT2D eigenvalue weighted by molar-refractivity contribution is 7.48. The zero-order valence-corrected chi connectivity index (χ0v) is 11.7. The van der Waals surface area contributed by atoms with Crippen molar-refractivity contribution >= 4 is 25.2 Å². The lowest BCUT2D eigenvalue weighted by atomic mass is 10.4. The summed E-state index contributed by atoms with van der Waals surface area (Å²) in [4.78, 5) is 1.12. The summed E-state index contributed by atoms with van der Waals surface area (Å²) in [6.07, 6.45) is 3.70. The molecule has 17 heavy (non-hydrogen) atoms. The van der Waals surface area contributed by atoms with Crippen molar-refractivity contribution in [1.29, 1.82) is 0 Å². The Hall–Kier alpha value is -0.450. The van der Waals surface area contributed by atoms with Crippen LogP contribution in [0.2, 0.25) is 0 Å². The molecule has 1 aromatic rings. The van der Waals surface area contributed by atoms with E-state index in [0.717, 1.165) is 4.88 Å². The molecule has 4 nitrogen and oxygen atoms in total. The molecule has 6 heteroatoms. The minimum atomic E-state index is -3.37. The fourth-order valence-corrected chi connectivity index (χ4v) is 2.88. The molecule has 0 aliphatic rings. The van der Waals surface area contributed by atoms with Crippen LogP contribution in [-0.2, 0) is 18.1 Å². The van der Waals surface area contributed by atoms with E-state index >= 15 is 0 Å². The van der Waals surface area contributed by atoms with Gasteiger partial charge in [-0.3, -0.25) is 13.6 Å². The number of hydrogen-bond donors (Lipinski definition) is 0. The maximum Gasteiger partial charge on any atom is 0.475 e. The van der Waals surface area contributed by atoms with E-state index in [9.17, 15) is 4.57 Å². The van der Waals surface area contributed by atoms with Gasteiger partial charge in [0.25, 0.3) is 0 Å². The lowest BCUT2D eigenvalue weighted by molar-refractivity contribution is 0.131. The van der Waals surface area contributed by atoms with Crippen LogP contribution in [0.5, 0.6) is 0 Å². The van der Waals surface area contributed by atoms with Gasteiger partial charge in [0.2, 0.25) is 0 Å². The molecule has 0 aliphatic heterocycles. The smallest absolute Gasteiger partial charge is 0.287 e. The second-order valence-corrected chi connectivity index (χ2v) is 5.64. The summed E-state index contributed by atoms with van der Waals surface area (Å²) in [6.45, 7) is 4.29. The molecule has 96 valence electrons. The summed E-state index contributed by atoms with van der Waals surface area (Å²) < 4.78 is 27.0. The average Bonchev–Trinajstić information content (AvgIpc) is 2.78. The monoisotopic (exact) mass is 276 g/mol. The molecule has 0 saturated carbocycles. The van der Waals surface area contributed by atoms with Gasteiger partial charge >= 0.3 is 7.82 Å². The van der Waals surface area contributed by atoms with Crippen molar-refractivity contribution in [3.63, 3.8) is 0 Å². The Balaban J connectivity index is 2.39. The van der Waals surface area contributed by atoms with Crippen molar-refractivity contribution in [1.82, 2.24) is 0 Å². The first-order chi connectivity index (χ1) is 8.20. The predicted octanol–water partition coefficient (Wildman–Crippen LogP) is 3.96. The fraction of sp³-hybridized carbons (Fsp3) is 0.455. The topological polar surface area (TPSA) is 44.8 Å². The van der Waals surface area contributed by atoms with Crippen molar-refractivity contribution < 1.29 is 18.1 Å². The maximum atomic E-state index is 11.9. The third kappa shape index (κ3) is 5.61. The van der Waals surface area contributed by atoms with E-state index < -0.39 is 7.82 Å². The van der Waals surface area contributed by atoms with Crippen LogP contribution in [0, 0.1) is 0 Å². The standard InChI is InChI=1S/C11H17O4PS/c1-3-13-16(12,14-4-2)15-9-5-7-11-8-6-10-17-11/h5-8,10H,3-4,9H2,1-2H3/b7-5+. The lowest BCUT2D eigenvalue weighted by Crippen LogP contribution is -2.00. The summed E-state index contributed by atoms with van der Waals surface area (Å²) in [5.41, 5.74) is 0. The zero-order valence-electron chi connectivity index (χ0n) is 10.00. The quantitative estimate of drug-likeness (QED) is 0.674. The summed E-state index contributed by atoms with van der Waals surface area (Å²) in [6, 6.07) is 3.96. The first kappa shape index (κ1) is 14.6. The Morgan fingerprint density at radius 2 is 2.00 bits per heavy atom. The number of rotatable bonds is 8. The molecule has 0 saturated heterocycles. The number of thiophene rings is 1. The SMILES string of the molecule is CCOP(=O)(OCC)OC/C=C/c1cccs1. The molecular weight excluding hydrogens is 259 g/mol. The van der Waals surface area contributed by atoms with Gasteiger partial charge in [-0.25, -0.2) is 4.57 Å². The van der Waals surface area contributed by atoms with Gasteiger partial charge in [-0.05, 0) is 31.4 Å².